The van der Waals surface area contributed by atoms with Crippen molar-refractivity contribution in [3.63, 3.8) is 0 Å². The molecule has 0 radical (unpaired) electrons. The molecule has 0 amide bonds. The topological polar surface area (TPSA) is 55.0 Å². The predicted octanol–water partition coefficient (Wildman–Crippen LogP) is 1.04. The quantitative estimate of drug-likeness (QED) is 0.827. The summed E-state index contributed by atoms with van der Waals surface area (Å²) in [6.45, 7) is 4.98. The second-order valence-corrected chi connectivity index (χ2v) is 4.65. The Morgan fingerprint density at radius 2 is 2.19 bits per heavy atom. The molecule has 16 heavy (non-hydrogen) atoms. The largest absolute Gasteiger partial charge is 0.329 e. The van der Waals surface area contributed by atoms with Crippen LogP contribution in [0.1, 0.15) is 25.6 Å². The van der Waals surface area contributed by atoms with Crippen LogP contribution in [0.15, 0.2) is 18.5 Å². The number of hydrogen-bond acceptors (Lipinski definition) is 4. The zero-order valence-corrected chi connectivity index (χ0v) is 9.84. The van der Waals surface area contributed by atoms with Crippen LogP contribution in [0.25, 0.3) is 0 Å². The molecule has 2 unspecified atom stereocenters. The van der Waals surface area contributed by atoms with Gasteiger partial charge in [0, 0.05) is 25.0 Å². The second kappa shape index (κ2) is 5.37. The molecule has 1 aliphatic rings. The summed E-state index contributed by atoms with van der Waals surface area (Å²) in [7, 11) is 0. The van der Waals surface area contributed by atoms with Gasteiger partial charge in [0.05, 0.1) is 6.54 Å². The van der Waals surface area contributed by atoms with E-state index in [9.17, 15) is 0 Å². The van der Waals surface area contributed by atoms with Crippen LogP contribution in [0.4, 0.5) is 0 Å². The fourth-order valence-electron chi connectivity index (χ4n) is 2.35. The Bertz CT molecular complexity index is 314. The highest BCUT2D eigenvalue weighted by Gasteiger charge is 2.25. The highest BCUT2D eigenvalue weighted by atomic mass is 15.2. The summed E-state index contributed by atoms with van der Waals surface area (Å²) in [5.74, 6) is 1.69. The normalized spacial score (nSPS) is 26.9. The van der Waals surface area contributed by atoms with Crippen molar-refractivity contribution >= 4 is 0 Å². The molecule has 1 aliphatic heterocycles. The minimum absolute atomic E-state index is 0.493. The van der Waals surface area contributed by atoms with Crippen molar-refractivity contribution in [1.82, 2.24) is 14.9 Å². The van der Waals surface area contributed by atoms with Gasteiger partial charge in [-0.25, -0.2) is 9.97 Å². The Morgan fingerprint density at radius 3 is 2.88 bits per heavy atom. The molecule has 1 aromatic heterocycles. The van der Waals surface area contributed by atoms with Crippen molar-refractivity contribution in [1.29, 1.82) is 0 Å². The van der Waals surface area contributed by atoms with E-state index in [1.807, 2.05) is 6.07 Å². The molecule has 2 rings (SSSR count). The van der Waals surface area contributed by atoms with Crippen LogP contribution < -0.4 is 5.73 Å². The van der Waals surface area contributed by atoms with Crippen LogP contribution >= 0.6 is 0 Å². The molecule has 0 aromatic carbocycles. The average molecular weight is 220 g/mol. The number of aromatic nitrogens is 2. The van der Waals surface area contributed by atoms with E-state index in [0.29, 0.717) is 6.04 Å². The molecule has 1 aromatic rings. The number of nitrogens with two attached hydrogens (primary N) is 1. The first kappa shape index (κ1) is 11.5. The van der Waals surface area contributed by atoms with Gasteiger partial charge < -0.3 is 5.73 Å². The number of likely N-dealkylation sites (tertiary alicyclic amines) is 1. The first-order valence-electron chi connectivity index (χ1n) is 5.99. The van der Waals surface area contributed by atoms with Gasteiger partial charge in [0.2, 0.25) is 0 Å². The van der Waals surface area contributed by atoms with Crippen LogP contribution in [-0.2, 0) is 6.54 Å². The summed E-state index contributed by atoms with van der Waals surface area (Å²) in [5, 5.41) is 0. The first-order valence-corrected chi connectivity index (χ1v) is 5.99. The highest BCUT2D eigenvalue weighted by Crippen LogP contribution is 2.22. The molecule has 4 nitrogen and oxygen atoms in total. The Labute approximate surface area is 96.9 Å². The molecule has 4 heteroatoms. The van der Waals surface area contributed by atoms with Crippen molar-refractivity contribution in [3.05, 3.63) is 24.3 Å². The third-order valence-electron chi connectivity index (χ3n) is 3.34. The molecule has 0 spiro atoms. The summed E-state index contributed by atoms with van der Waals surface area (Å²) in [4.78, 5) is 10.9. The van der Waals surface area contributed by atoms with E-state index in [1.54, 1.807) is 12.4 Å². The average Bonchev–Trinajstić information content (AvgIpc) is 2.33. The Morgan fingerprint density at radius 1 is 1.44 bits per heavy atom. The van der Waals surface area contributed by atoms with Crippen LogP contribution in [0, 0.1) is 5.92 Å². The lowest BCUT2D eigenvalue weighted by Gasteiger charge is -2.37. The molecule has 1 saturated heterocycles. The van der Waals surface area contributed by atoms with Gasteiger partial charge in [-0.2, -0.15) is 0 Å². The van der Waals surface area contributed by atoms with Crippen LogP contribution in [0.5, 0.6) is 0 Å². The SMILES string of the molecule is CC1CCN(Cc2ncccn2)C(CN)C1. The number of piperidine rings is 1. The zero-order chi connectivity index (χ0) is 11.4. The summed E-state index contributed by atoms with van der Waals surface area (Å²) in [6.07, 6.45) is 6.05. The minimum Gasteiger partial charge on any atom is -0.329 e. The van der Waals surface area contributed by atoms with Crippen LogP contribution in [0.3, 0.4) is 0 Å². The van der Waals surface area contributed by atoms with Gasteiger partial charge in [-0.3, -0.25) is 4.90 Å². The van der Waals surface area contributed by atoms with Crippen molar-refractivity contribution < 1.29 is 0 Å². The maximum absolute atomic E-state index is 5.83. The fourth-order valence-corrected chi connectivity index (χ4v) is 2.35. The van der Waals surface area contributed by atoms with Gasteiger partial charge in [-0.15, -0.1) is 0 Å². The van der Waals surface area contributed by atoms with Crippen molar-refractivity contribution in [2.24, 2.45) is 11.7 Å². The summed E-state index contributed by atoms with van der Waals surface area (Å²) >= 11 is 0. The lowest BCUT2D eigenvalue weighted by molar-refractivity contribution is 0.112. The lowest BCUT2D eigenvalue weighted by atomic mass is 9.92. The Hall–Kier alpha value is -1.00. The third-order valence-corrected chi connectivity index (χ3v) is 3.34. The molecule has 0 saturated carbocycles. The molecule has 88 valence electrons. The molecule has 0 bridgehead atoms. The van der Waals surface area contributed by atoms with E-state index in [2.05, 4.69) is 21.8 Å². The molecule has 2 heterocycles. The van der Waals surface area contributed by atoms with Crippen molar-refractivity contribution in [2.45, 2.75) is 32.4 Å². The first-order chi connectivity index (χ1) is 7.79. The predicted molar refractivity (Wildman–Crippen MR) is 63.7 cm³/mol. The molecule has 2 atom stereocenters. The molecule has 0 aliphatic carbocycles. The van der Waals surface area contributed by atoms with Gasteiger partial charge in [-0.1, -0.05) is 6.92 Å². The van der Waals surface area contributed by atoms with Gasteiger partial charge in [0.15, 0.2) is 0 Å². The summed E-state index contributed by atoms with van der Waals surface area (Å²) < 4.78 is 0. The van der Waals surface area contributed by atoms with Crippen molar-refractivity contribution in [3.8, 4) is 0 Å². The van der Waals surface area contributed by atoms with E-state index >= 15 is 0 Å². The fraction of sp³-hybridized carbons (Fsp3) is 0.667. The van der Waals surface area contributed by atoms with E-state index in [1.165, 1.54) is 12.8 Å². The molecule has 1 fully saturated rings. The maximum atomic E-state index is 5.83. The second-order valence-electron chi connectivity index (χ2n) is 4.65. The zero-order valence-electron chi connectivity index (χ0n) is 9.84. The standard InChI is InChI=1S/C12H20N4/c1-10-3-6-16(11(7-10)8-13)9-12-14-4-2-5-15-12/h2,4-5,10-11H,3,6-9,13H2,1H3. The monoisotopic (exact) mass is 220 g/mol. The summed E-state index contributed by atoms with van der Waals surface area (Å²) in [5.41, 5.74) is 5.83. The van der Waals surface area contributed by atoms with Gasteiger partial charge in [0.1, 0.15) is 5.82 Å². The van der Waals surface area contributed by atoms with Crippen molar-refractivity contribution in [2.75, 3.05) is 13.1 Å². The van der Waals surface area contributed by atoms with E-state index < -0.39 is 0 Å². The number of nitrogens with zero attached hydrogens (tertiary/aromatic N) is 3. The van der Waals surface area contributed by atoms with E-state index in [0.717, 1.165) is 31.4 Å². The van der Waals surface area contributed by atoms with Gasteiger partial charge in [-0.05, 0) is 31.4 Å². The highest BCUT2D eigenvalue weighted by molar-refractivity contribution is 4.91. The molecular weight excluding hydrogens is 200 g/mol. The third kappa shape index (κ3) is 2.77. The van der Waals surface area contributed by atoms with Gasteiger partial charge >= 0.3 is 0 Å². The smallest absolute Gasteiger partial charge is 0.142 e. The maximum Gasteiger partial charge on any atom is 0.142 e. The Balaban J connectivity index is 1.98. The molecular formula is C12H20N4. The van der Waals surface area contributed by atoms with E-state index in [-0.39, 0.29) is 0 Å². The number of rotatable bonds is 3. The number of hydrogen-bond donors (Lipinski definition) is 1. The van der Waals surface area contributed by atoms with Gasteiger partial charge in [0.25, 0.3) is 0 Å². The van der Waals surface area contributed by atoms with E-state index in [4.69, 9.17) is 5.73 Å². The Kier molecular flexibility index (Phi) is 3.85. The van der Waals surface area contributed by atoms with Crippen LogP contribution in [0.2, 0.25) is 0 Å². The summed E-state index contributed by atoms with van der Waals surface area (Å²) in [6, 6.07) is 2.34. The van der Waals surface area contributed by atoms with Crippen LogP contribution in [-0.4, -0.2) is 34.0 Å². The minimum atomic E-state index is 0.493. The lowest BCUT2D eigenvalue weighted by Crippen LogP contribution is -2.45. The molecule has 2 N–H and O–H groups in total.